The zero-order valence-electron chi connectivity index (χ0n) is 22.3. The van der Waals surface area contributed by atoms with Gasteiger partial charge in [-0.15, -0.1) is 0 Å². The summed E-state index contributed by atoms with van der Waals surface area (Å²) < 4.78 is 20.6. The molecule has 0 spiro atoms. The van der Waals surface area contributed by atoms with Gasteiger partial charge < -0.3 is 26.0 Å². The van der Waals surface area contributed by atoms with Gasteiger partial charge in [0, 0.05) is 67.7 Å². The summed E-state index contributed by atoms with van der Waals surface area (Å²) in [5.74, 6) is 0.458. The van der Waals surface area contributed by atoms with E-state index in [1.54, 1.807) is 13.0 Å². The molecule has 0 bridgehead atoms. The predicted octanol–water partition coefficient (Wildman–Crippen LogP) is 3.27. The zero-order valence-corrected chi connectivity index (χ0v) is 22.3. The van der Waals surface area contributed by atoms with Crippen molar-refractivity contribution in [3.8, 4) is 28.3 Å². The van der Waals surface area contributed by atoms with Gasteiger partial charge in [-0.25, -0.2) is 4.39 Å². The Kier molecular flexibility index (Phi) is 9.24. The minimum Gasteiger partial charge on any atom is -0.487 e. The summed E-state index contributed by atoms with van der Waals surface area (Å²) in [6.45, 7) is 6.06. The van der Waals surface area contributed by atoms with Gasteiger partial charge >= 0.3 is 0 Å². The third-order valence-corrected chi connectivity index (χ3v) is 6.58. The number of benzene rings is 2. The first-order chi connectivity index (χ1) is 18.4. The van der Waals surface area contributed by atoms with Crippen LogP contribution in [0.15, 0.2) is 48.7 Å². The largest absolute Gasteiger partial charge is 0.487 e. The first-order valence-corrected chi connectivity index (χ1v) is 12.8. The lowest BCUT2D eigenvalue weighted by Gasteiger charge is -2.17. The fourth-order valence-electron chi connectivity index (χ4n) is 4.51. The first kappa shape index (κ1) is 27.5. The van der Waals surface area contributed by atoms with E-state index in [1.807, 2.05) is 50.6 Å². The van der Waals surface area contributed by atoms with Crippen molar-refractivity contribution in [3.05, 3.63) is 76.9 Å². The van der Waals surface area contributed by atoms with E-state index < -0.39 is 0 Å². The lowest BCUT2D eigenvalue weighted by Crippen LogP contribution is -2.25. The lowest BCUT2D eigenvalue weighted by molar-refractivity contribution is 0.293. The van der Waals surface area contributed by atoms with Crippen LogP contribution in [-0.4, -0.2) is 70.5 Å². The van der Waals surface area contributed by atoms with E-state index in [0.717, 1.165) is 59.0 Å². The van der Waals surface area contributed by atoms with Crippen molar-refractivity contribution in [3.63, 3.8) is 0 Å². The second kappa shape index (κ2) is 12.8. The highest BCUT2D eigenvalue weighted by molar-refractivity contribution is 5.68. The molecule has 0 radical (unpaired) electrons. The average Bonchev–Trinajstić information content (AvgIpc) is 3.52. The van der Waals surface area contributed by atoms with E-state index in [9.17, 15) is 4.39 Å². The molecule has 202 valence electrons. The number of H-pyrrole nitrogens is 2. The van der Waals surface area contributed by atoms with Crippen molar-refractivity contribution < 1.29 is 9.13 Å². The number of rotatable bonds is 13. The maximum Gasteiger partial charge on any atom is 0.130 e. The summed E-state index contributed by atoms with van der Waals surface area (Å²) in [5.41, 5.74) is 18.2. The molecule has 0 fully saturated rings. The Morgan fingerprint density at radius 2 is 1.68 bits per heavy atom. The minimum absolute atomic E-state index is 0.256. The number of hydrogen-bond donors (Lipinski definition) is 4. The van der Waals surface area contributed by atoms with Gasteiger partial charge in [0.05, 0.1) is 17.1 Å². The molecule has 0 aliphatic carbocycles. The van der Waals surface area contributed by atoms with Crippen LogP contribution in [0.3, 0.4) is 0 Å². The van der Waals surface area contributed by atoms with E-state index in [4.69, 9.17) is 16.2 Å². The van der Waals surface area contributed by atoms with Crippen LogP contribution in [-0.2, 0) is 19.7 Å². The molecule has 0 saturated heterocycles. The van der Waals surface area contributed by atoms with Gasteiger partial charge in [-0.05, 0) is 44.8 Å². The van der Waals surface area contributed by atoms with Crippen molar-refractivity contribution in [2.45, 2.75) is 26.6 Å². The molecule has 10 heteroatoms. The number of nitrogens with one attached hydrogen (secondary N) is 2. The first-order valence-electron chi connectivity index (χ1n) is 12.8. The van der Waals surface area contributed by atoms with Gasteiger partial charge in [-0.3, -0.25) is 10.2 Å². The van der Waals surface area contributed by atoms with Crippen molar-refractivity contribution in [2.75, 3.05) is 40.3 Å². The van der Waals surface area contributed by atoms with Gasteiger partial charge in [-0.2, -0.15) is 10.2 Å². The summed E-state index contributed by atoms with van der Waals surface area (Å²) in [4.78, 5) is 4.28. The maximum atomic E-state index is 14.3. The van der Waals surface area contributed by atoms with Gasteiger partial charge in [-0.1, -0.05) is 24.3 Å². The Bertz CT molecular complexity index is 1330. The van der Waals surface area contributed by atoms with Crippen molar-refractivity contribution in [1.29, 1.82) is 0 Å². The summed E-state index contributed by atoms with van der Waals surface area (Å²) in [5, 5.41) is 15.2. The van der Waals surface area contributed by atoms with Crippen LogP contribution in [0.25, 0.3) is 22.5 Å². The van der Waals surface area contributed by atoms with E-state index in [-0.39, 0.29) is 12.4 Å². The van der Waals surface area contributed by atoms with Crippen LogP contribution in [0.5, 0.6) is 5.75 Å². The number of ether oxygens (including phenoxy) is 1. The van der Waals surface area contributed by atoms with E-state index in [2.05, 4.69) is 30.2 Å². The Hall–Kier alpha value is -3.57. The molecule has 2 aromatic heterocycles. The standard InChI is InChI=1S/C28H37FN8O/c1-19-23(8-5-9-25(19)29)28-24(17-37(3)13-11-31)26(33-35-28)18-38-22-7-4-6-20(14-22)27-21(15-32-34-27)16-36(2)12-10-30/h4-9,14-15H,10-13,16-18,30-31H2,1-3H3,(H,32,34)(H,33,35). The number of nitrogens with zero attached hydrogens (tertiary/aromatic N) is 4. The quantitative estimate of drug-likeness (QED) is 0.213. The number of aromatic nitrogens is 4. The number of likely N-dealkylation sites (N-methyl/N-ethyl adjacent to an activating group) is 2. The minimum atomic E-state index is -0.256. The van der Waals surface area contributed by atoms with Crippen LogP contribution in [0.2, 0.25) is 0 Å². The molecule has 9 nitrogen and oxygen atoms in total. The fourth-order valence-corrected chi connectivity index (χ4v) is 4.51. The lowest BCUT2D eigenvalue weighted by atomic mass is 10.0. The highest BCUT2D eigenvalue weighted by Gasteiger charge is 2.20. The van der Waals surface area contributed by atoms with E-state index in [1.165, 1.54) is 6.07 Å². The molecule has 0 aliphatic rings. The molecule has 0 aliphatic heterocycles. The van der Waals surface area contributed by atoms with Gasteiger partial charge in [0.2, 0.25) is 0 Å². The monoisotopic (exact) mass is 520 g/mol. The average molecular weight is 521 g/mol. The van der Waals surface area contributed by atoms with E-state index in [0.29, 0.717) is 30.9 Å². The predicted molar refractivity (Wildman–Crippen MR) is 148 cm³/mol. The molecule has 0 unspecified atom stereocenters. The second-order valence-electron chi connectivity index (χ2n) is 9.57. The smallest absolute Gasteiger partial charge is 0.130 e. The number of aromatic amines is 2. The van der Waals surface area contributed by atoms with Crippen LogP contribution in [0.4, 0.5) is 4.39 Å². The maximum absolute atomic E-state index is 14.3. The molecule has 38 heavy (non-hydrogen) atoms. The second-order valence-corrected chi connectivity index (χ2v) is 9.57. The molecule has 4 aromatic rings. The molecule has 2 heterocycles. The topological polar surface area (TPSA) is 125 Å². The number of halogens is 1. The normalized spacial score (nSPS) is 11.6. The van der Waals surface area contributed by atoms with Crippen molar-refractivity contribution in [2.24, 2.45) is 11.5 Å². The molecule has 0 amide bonds. The van der Waals surface area contributed by atoms with Crippen LogP contribution >= 0.6 is 0 Å². The SMILES string of the molecule is Cc1c(F)cccc1-c1n[nH]c(COc2cccc(-c3n[nH]cc3CN(C)CCN)c2)c1CN(C)CCN. The molecular formula is C28H37FN8O. The molecule has 4 rings (SSSR count). The van der Waals surface area contributed by atoms with E-state index >= 15 is 0 Å². The molecule has 2 aromatic carbocycles. The highest BCUT2D eigenvalue weighted by Crippen LogP contribution is 2.30. The van der Waals surface area contributed by atoms with Gasteiger partial charge in [0.25, 0.3) is 0 Å². The Balaban J connectivity index is 1.57. The summed E-state index contributed by atoms with van der Waals surface area (Å²) in [6, 6.07) is 12.9. The fraction of sp³-hybridized carbons (Fsp3) is 0.357. The summed E-state index contributed by atoms with van der Waals surface area (Å²) >= 11 is 0. The molecule has 0 saturated carbocycles. The summed E-state index contributed by atoms with van der Waals surface area (Å²) in [7, 11) is 4.04. The summed E-state index contributed by atoms with van der Waals surface area (Å²) in [6.07, 6.45) is 1.92. The van der Waals surface area contributed by atoms with Gasteiger partial charge in [0.1, 0.15) is 18.2 Å². The Morgan fingerprint density at radius 1 is 0.947 bits per heavy atom. The number of hydrogen-bond acceptors (Lipinski definition) is 7. The molecular weight excluding hydrogens is 483 g/mol. The Morgan fingerprint density at radius 3 is 2.45 bits per heavy atom. The van der Waals surface area contributed by atoms with Crippen LogP contribution in [0.1, 0.15) is 22.4 Å². The van der Waals surface area contributed by atoms with Crippen molar-refractivity contribution in [1.82, 2.24) is 30.2 Å². The highest BCUT2D eigenvalue weighted by atomic mass is 19.1. The van der Waals surface area contributed by atoms with Crippen molar-refractivity contribution >= 4 is 0 Å². The third-order valence-electron chi connectivity index (χ3n) is 6.58. The molecule has 0 atom stereocenters. The zero-order chi connectivity index (χ0) is 27.1. The molecule has 6 N–H and O–H groups in total. The van der Waals surface area contributed by atoms with Crippen LogP contribution in [0, 0.1) is 12.7 Å². The van der Waals surface area contributed by atoms with Crippen LogP contribution < -0.4 is 16.2 Å². The van der Waals surface area contributed by atoms with Gasteiger partial charge in [0.15, 0.2) is 0 Å². The number of nitrogens with two attached hydrogens (primary N) is 2. The third kappa shape index (κ3) is 6.46. The Labute approximate surface area is 223 Å².